The standard InChI is InChI=1S/C20H18N4OS/c1-13-16(14-7-3-5-9-17(14)22-13)11-21-24-20-23-18(12-26-20)15-8-4-6-10-19(15)25-2/h3-12,22H,1-2H3,(H,23,24)/b21-11-. The first-order chi connectivity index (χ1) is 12.8. The molecule has 6 heteroatoms. The van der Waals surface area contributed by atoms with Crippen LogP contribution in [0, 0.1) is 6.92 Å². The number of hydrogen-bond acceptors (Lipinski definition) is 5. The third-order valence-corrected chi connectivity index (χ3v) is 4.93. The predicted octanol–water partition coefficient (Wildman–Crippen LogP) is 5.05. The van der Waals surface area contributed by atoms with Crippen molar-refractivity contribution in [3.8, 4) is 17.0 Å². The number of aromatic nitrogens is 2. The van der Waals surface area contributed by atoms with Gasteiger partial charge in [0.1, 0.15) is 5.75 Å². The number of para-hydroxylation sites is 2. The Morgan fingerprint density at radius 1 is 1.15 bits per heavy atom. The maximum absolute atomic E-state index is 5.40. The van der Waals surface area contributed by atoms with E-state index in [1.165, 1.54) is 11.3 Å². The molecular formula is C20H18N4OS. The summed E-state index contributed by atoms with van der Waals surface area (Å²) in [6.45, 7) is 2.05. The van der Waals surface area contributed by atoms with Gasteiger partial charge in [-0.3, -0.25) is 5.43 Å². The molecule has 2 N–H and O–H groups in total. The molecule has 26 heavy (non-hydrogen) atoms. The number of hydrazone groups is 1. The number of H-pyrrole nitrogens is 1. The van der Waals surface area contributed by atoms with Crippen molar-refractivity contribution in [1.29, 1.82) is 0 Å². The number of fused-ring (bicyclic) bond motifs is 1. The van der Waals surface area contributed by atoms with E-state index in [2.05, 4.69) is 32.6 Å². The number of anilines is 1. The zero-order valence-electron chi connectivity index (χ0n) is 14.5. The molecule has 4 aromatic rings. The van der Waals surface area contributed by atoms with E-state index in [0.29, 0.717) is 0 Å². The fraction of sp³-hybridized carbons (Fsp3) is 0.100. The fourth-order valence-electron chi connectivity index (χ4n) is 2.92. The molecule has 0 radical (unpaired) electrons. The Morgan fingerprint density at radius 2 is 1.96 bits per heavy atom. The number of benzene rings is 2. The van der Waals surface area contributed by atoms with E-state index in [4.69, 9.17) is 4.74 Å². The molecule has 0 amide bonds. The summed E-state index contributed by atoms with van der Waals surface area (Å²) >= 11 is 1.51. The largest absolute Gasteiger partial charge is 0.496 e. The number of rotatable bonds is 5. The van der Waals surface area contributed by atoms with E-state index in [1.54, 1.807) is 7.11 Å². The normalized spacial score (nSPS) is 11.3. The van der Waals surface area contributed by atoms with Crippen molar-refractivity contribution in [2.45, 2.75) is 6.92 Å². The van der Waals surface area contributed by atoms with Crippen LogP contribution in [0.15, 0.2) is 59.0 Å². The minimum atomic E-state index is 0.736. The van der Waals surface area contributed by atoms with E-state index in [9.17, 15) is 0 Å². The predicted molar refractivity (Wildman–Crippen MR) is 108 cm³/mol. The lowest BCUT2D eigenvalue weighted by molar-refractivity contribution is 0.416. The lowest BCUT2D eigenvalue weighted by Crippen LogP contribution is -1.92. The summed E-state index contributed by atoms with van der Waals surface area (Å²) in [6, 6.07) is 16.0. The van der Waals surface area contributed by atoms with Gasteiger partial charge in [-0.15, -0.1) is 11.3 Å². The summed E-state index contributed by atoms with van der Waals surface area (Å²) in [5.74, 6) is 0.808. The van der Waals surface area contributed by atoms with Gasteiger partial charge in [-0.25, -0.2) is 4.98 Å². The quantitative estimate of drug-likeness (QED) is 0.385. The number of aromatic amines is 1. The van der Waals surface area contributed by atoms with E-state index < -0.39 is 0 Å². The summed E-state index contributed by atoms with van der Waals surface area (Å²) in [5, 5.41) is 8.25. The topological polar surface area (TPSA) is 62.3 Å². The van der Waals surface area contributed by atoms with Gasteiger partial charge >= 0.3 is 0 Å². The summed E-state index contributed by atoms with van der Waals surface area (Å²) in [5.41, 5.74) is 8.14. The van der Waals surface area contributed by atoms with Crippen molar-refractivity contribution in [2.24, 2.45) is 5.10 Å². The first kappa shape index (κ1) is 16.4. The third kappa shape index (κ3) is 3.07. The van der Waals surface area contributed by atoms with Crippen LogP contribution in [-0.4, -0.2) is 23.3 Å². The van der Waals surface area contributed by atoms with Crippen molar-refractivity contribution in [3.63, 3.8) is 0 Å². The van der Waals surface area contributed by atoms with Crippen LogP contribution < -0.4 is 10.2 Å². The third-order valence-electron chi connectivity index (χ3n) is 4.18. The fourth-order valence-corrected chi connectivity index (χ4v) is 3.58. The molecule has 2 aromatic carbocycles. The summed E-state index contributed by atoms with van der Waals surface area (Å²) in [6.07, 6.45) is 1.83. The highest BCUT2D eigenvalue weighted by atomic mass is 32.1. The van der Waals surface area contributed by atoms with Crippen LogP contribution in [0.3, 0.4) is 0 Å². The van der Waals surface area contributed by atoms with Gasteiger partial charge in [-0.05, 0) is 25.1 Å². The number of nitrogens with one attached hydrogen (secondary N) is 2. The van der Waals surface area contributed by atoms with Crippen LogP contribution in [0.1, 0.15) is 11.3 Å². The summed E-state index contributed by atoms with van der Waals surface area (Å²) < 4.78 is 5.40. The number of methoxy groups -OCH3 is 1. The molecule has 0 aliphatic heterocycles. The van der Waals surface area contributed by atoms with Crippen molar-refractivity contribution >= 4 is 33.6 Å². The molecule has 5 nitrogen and oxygen atoms in total. The highest BCUT2D eigenvalue weighted by molar-refractivity contribution is 7.14. The lowest BCUT2D eigenvalue weighted by Gasteiger charge is -2.04. The van der Waals surface area contributed by atoms with Crippen molar-refractivity contribution in [3.05, 3.63) is 65.2 Å². The Kier molecular flexibility index (Phi) is 4.41. The molecule has 4 rings (SSSR count). The highest BCUT2D eigenvalue weighted by Crippen LogP contribution is 2.31. The van der Waals surface area contributed by atoms with Crippen LogP contribution in [0.2, 0.25) is 0 Å². The smallest absolute Gasteiger partial charge is 0.203 e. The molecular weight excluding hydrogens is 344 g/mol. The summed E-state index contributed by atoms with van der Waals surface area (Å²) in [4.78, 5) is 7.97. The molecule has 0 aliphatic carbocycles. The second-order valence-electron chi connectivity index (χ2n) is 5.82. The molecule has 0 fully saturated rings. The second-order valence-corrected chi connectivity index (χ2v) is 6.68. The zero-order chi connectivity index (χ0) is 17.9. The van der Waals surface area contributed by atoms with Crippen LogP contribution in [0.25, 0.3) is 22.2 Å². The van der Waals surface area contributed by atoms with Gasteiger partial charge in [0.15, 0.2) is 0 Å². The molecule has 0 spiro atoms. The Labute approximate surface area is 155 Å². The zero-order valence-corrected chi connectivity index (χ0v) is 15.3. The van der Waals surface area contributed by atoms with Crippen molar-refractivity contribution < 1.29 is 4.74 Å². The van der Waals surface area contributed by atoms with Gasteiger partial charge in [0.25, 0.3) is 0 Å². The van der Waals surface area contributed by atoms with Gasteiger partial charge in [-0.2, -0.15) is 5.10 Å². The van der Waals surface area contributed by atoms with Gasteiger partial charge in [0, 0.05) is 33.1 Å². The van der Waals surface area contributed by atoms with Crippen molar-refractivity contribution in [2.75, 3.05) is 12.5 Å². The number of ether oxygens (including phenoxy) is 1. The maximum atomic E-state index is 5.40. The SMILES string of the molecule is COc1ccccc1-c1csc(N/N=C\c2c(C)[nH]c3ccccc23)n1. The van der Waals surface area contributed by atoms with Crippen LogP contribution in [0.5, 0.6) is 5.75 Å². The number of thiazole rings is 1. The Morgan fingerprint density at radius 3 is 2.85 bits per heavy atom. The minimum absolute atomic E-state index is 0.736. The van der Waals surface area contributed by atoms with Gasteiger partial charge in [0.2, 0.25) is 5.13 Å². The molecule has 2 heterocycles. The molecule has 0 saturated carbocycles. The molecule has 0 aliphatic rings. The number of hydrogen-bond donors (Lipinski definition) is 2. The van der Waals surface area contributed by atoms with Crippen molar-refractivity contribution in [1.82, 2.24) is 9.97 Å². The second kappa shape index (κ2) is 7.01. The first-order valence-electron chi connectivity index (χ1n) is 8.21. The van der Waals surface area contributed by atoms with Gasteiger partial charge in [-0.1, -0.05) is 30.3 Å². The van der Waals surface area contributed by atoms with Crippen LogP contribution in [-0.2, 0) is 0 Å². The molecule has 0 bridgehead atoms. The van der Waals surface area contributed by atoms with Crippen LogP contribution in [0.4, 0.5) is 5.13 Å². The highest BCUT2D eigenvalue weighted by Gasteiger charge is 2.09. The molecule has 0 atom stereocenters. The average molecular weight is 362 g/mol. The minimum Gasteiger partial charge on any atom is -0.496 e. The van der Waals surface area contributed by atoms with Gasteiger partial charge in [0.05, 0.1) is 19.0 Å². The monoisotopic (exact) mass is 362 g/mol. The Bertz CT molecular complexity index is 1080. The van der Waals surface area contributed by atoms with Gasteiger partial charge < -0.3 is 9.72 Å². The van der Waals surface area contributed by atoms with Crippen LogP contribution >= 0.6 is 11.3 Å². The molecule has 0 unspecified atom stereocenters. The van der Waals surface area contributed by atoms with E-state index >= 15 is 0 Å². The Hall–Kier alpha value is -3.12. The molecule has 2 aromatic heterocycles. The molecule has 130 valence electrons. The maximum Gasteiger partial charge on any atom is 0.203 e. The first-order valence-corrected chi connectivity index (χ1v) is 9.09. The number of nitrogens with zero attached hydrogens (tertiary/aromatic N) is 2. The average Bonchev–Trinajstić information content (AvgIpc) is 3.26. The van der Waals surface area contributed by atoms with E-state index in [0.717, 1.165) is 44.3 Å². The summed E-state index contributed by atoms with van der Waals surface area (Å²) in [7, 11) is 1.66. The number of aryl methyl sites for hydroxylation is 1. The van der Waals surface area contributed by atoms with E-state index in [-0.39, 0.29) is 0 Å². The lowest BCUT2D eigenvalue weighted by atomic mass is 10.1. The Balaban J connectivity index is 1.54. The molecule has 0 saturated heterocycles. The van der Waals surface area contributed by atoms with E-state index in [1.807, 2.05) is 54.9 Å².